The molecule has 7 atom stereocenters. The molecular formula is C25H30BrClN2O6. The van der Waals surface area contributed by atoms with E-state index in [9.17, 15) is 19.5 Å². The Bertz CT molecular complexity index is 1030. The molecule has 2 bridgehead atoms. The molecule has 190 valence electrons. The summed E-state index contributed by atoms with van der Waals surface area (Å²) in [4.78, 5) is 43.9. The Hall–Kier alpha value is -1.94. The maximum Gasteiger partial charge on any atom is 0.312 e. The average molecular weight is 570 g/mol. The van der Waals surface area contributed by atoms with E-state index in [1.807, 2.05) is 13.0 Å². The van der Waals surface area contributed by atoms with Crippen molar-refractivity contribution in [1.82, 2.24) is 4.90 Å². The number of hydrogen-bond donors (Lipinski definition) is 1. The van der Waals surface area contributed by atoms with Gasteiger partial charge >= 0.3 is 5.97 Å². The number of nitrogens with zero attached hydrogens (tertiary/aromatic N) is 2. The number of aliphatic hydroxyl groups excluding tert-OH is 1. The maximum atomic E-state index is 14.4. The number of hydrogen-bond acceptors (Lipinski definition) is 6. The van der Waals surface area contributed by atoms with Gasteiger partial charge in [0.05, 0.1) is 47.9 Å². The number of halogens is 2. The van der Waals surface area contributed by atoms with Crippen molar-refractivity contribution in [2.24, 2.45) is 11.8 Å². The summed E-state index contributed by atoms with van der Waals surface area (Å²) >= 11 is 10.1. The highest BCUT2D eigenvalue weighted by Gasteiger charge is 2.77. The van der Waals surface area contributed by atoms with Crippen LogP contribution in [0.15, 0.2) is 30.9 Å². The number of aliphatic hydroxyl groups is 1. The number of ether oxygens (including phenoxy) is 2. The number of fused-ring (bicyclic) bond motifs is 1. The van der Waals surface area contributed by atoms with Crippen LogP contribution < -0.4 is 4.90 Å². The Morgan fingerprint density at radius 1 is 1.49 bits per heavy atom. The molecular weight excluding hydrogens is 540 g/mol. The van der Waals surface area contributed by atoms with Gasteiger partial charge < -0.3 is 24.4 Å². The number of rotatable bonds is 8. The quantitative estimate of drug-likeness (QED) is 0.294. The van der Waals surface area contributed by atoms with Gasteiger partial charge in [-0.15, -0.1) is 6.58 Å². The van der Waals surface area contributed by atoms with E-state index in [2.05, 4.69) is 22.5 Å². The highest BCUT2D eigenvalue weighted by Crippen LogP contribution is 2.60. The first-order valence-electron chi connectivity index (χ1n) is 11.7. The maximum absolute atomic E-state index is 14.4. The van der Waals surface area contributed by atoms with Crippen molar-refractivity contribution < 1.29 is 29.0 Å². The number of aryl methyl sites for hydroxylation is 1. The molecule has 0 aliphatic carbocycles. The summed E-state index contributed by atoms with van der Waals surface area (Å²) in [6.45, 7) is 9.00. The standard InChI is InChI=1S/C25H30BrClN2O6/c1-5-10-28(19-13(3)8-7-9-16(19)27)23(32)21-25-11-15(26)20(35-25)17(24(33)34-6-2)18(25)22(31)29(21)14(4)12-30/h5,7-9,14-15,17-18,20-21,30H,1,6,10-12H2,2-4H3/t14-,15?,17-,18+,20-,21-,25+/m1/s1. The second kappa shape index (κ2) is 9.84. The van der Waals surface area contributed by atoms with Crippen LogP contribution in [-0.2, 0) is 23.9 Å². The smallest absolute Gasteiger partial charge is 0.312 e. The first-order valence-corrected chi connectivity index (χ1v) is 13.0. The second-order valence-electron chi connectivity index (χ2n) is 9.34. The van der Waals surface area contributed by atoms with E-state index in [-0.39, 0.29) is 30.5 Å². The zero-order chi connectivity index (χ0) is 25.7. The number of alkyl halides is 1. The third-order valence-corrected chi connectivity index (χ3v) is 8.44. The van der Waals surface area contributed by atoms with Crippen LogP contribution in [0.1, 0.15) is 25.8 Å². The number of likely N-dealkylation sites (tertiary alicyclic amines) is 1. The first kappa shape index (κ1) is 26.1. The highest BCUT2D eigenvalue weighted by atomic mass is 79.9. The fraction of sp³-hybridized carbons (Fsp3) is 0.560. The number of benzene rings is 1. The van der Waals surface area contributed by atoms with Gasteiger partial charge in [-0.3, -0.25) is 14.4 Å². The topological polar surface area (TPSA) is 96.4 Å². The molecule has 3 fully saturated rings. The molecule has 4 rings (SSSR count). The van der Waals surface area contributed by atoms with Crippen LogP contribution in [0.2, 0.25) is 5.02 Å². The van der Waals surface area contributed by atoms with Gasteiger partial charge in [-0.05, 0) is 38.8 Å². The molecule has 1 N–H and O–H groups in total. The molecule has 0 radical (unpaired) electrons. The zero-order valence-electron chi connectivity index (χ0n) is 19.9. The van der Waals surface area contributed by atoms with Gasteiger partial charge in [-0.1, -0.05) is 45.7 Å². The molecule has 1 aromatic rings. The Morgan fingerprint density at radius 2 is 2.20 bits per heavy atom. The van der Waals surface area contributed by atoms with Crippen LogP contribution in [0.3, 0.4) is 0 Å². The SMILES string of the molecule is C=CCN(C(=O)[C@H]1N([C@H](C)CO)C(=O)[C@@H]2[C@@H](C(=O)OCC)[C@@H]3O[C@@]21CC3Br)c1c(C)cccc1Cl. The van der Waals surface area contributed by atoms with E-state index in [0.717, 1.165) is 5.56 Å². The zero-order valence-corrected chi connectivity index (χ0v) is 22.3. The summed E-state index contributed by atoms with van der Waals surface area (Å²) in [6, 6.07) is 3.61. The van der Waals surface area contributed by atoms with Crippen LogP contribution in [0.5, 0.6) is 0 Å². The third-order valence-electron chi connectivity index (χ3n) is 7.29. The fourth-order valence-corrected chi connectivity index (χ4v) is 7.22. The van der Waals surface area contributed by atoms with E-state index in [1.165, 1.54) is 9.80 Å². The molecule has 10 heteroatoms. The molecule has 35 heavy (non-hydrogen) atoms. The van der Waals surface area contributed by atoms with Crippen molar-refractivity contribution >= 4 is 51.0 Å². The molecule has 3 saturated heterocycles. The summed E-state index contributed by atoms with van der Waals surface area (Å²) in [6.07, 6.45) is 1.35. The normalized spacial score (nSPS) is 31.9. The molecule has 1 unspecified atom stereocenters. The monoisotopic (exact) mass is 568 g/mol. The highest BCUT2D eigenvalue weighted by molar-refractivity contribution is 9.09. The Labute approximate surface area is 218 Å². The van der Waals surface area contributed by atoms with E-state index in [0.29, 0.717) is 17.1 Å². The van der Waals surface area contributed by atoms with Crippen molar-refractivity contribution in [1.29, 1.82) is 0 Å². The second-order valence-corrected chi connectivity index (χ2v) is 10.9. The number of carbonyl (C=O) groups excluding carboxylic acids is 3. The van der Waals surface area contributed by atoms with Gasteiger partial charge in [0.2, 0.25) is 5.91 Å². The van der Waals surface area contributed by atoms with E-state index < -0.39 is 47.5 Å². The summed E-state index contributed by atoms with van der Waals surface area (Å²) in [5, 5.41) is 10.4. The molecule has 1 aromatic carbocycles. The van der Waals surface area contributed by atoms with E-state index >= 15 is 0 Å². The van der Waals surface area contributed by atoms with Gasteiger partial charge in [0.15, 0.2) is 0 Å². The van der Waals surface area contributed by atoms with Gasteiger partial charge in [-0.25, -0.2) is 0 Å². The number of para-hydroxylation sites is 1. The van der Waals surface area contributed by atoms with Crippen molar-refractivity contribution in [2.75, 3.05) is 24.7 Å². The number of carbonyl (C=O) groups is 3. The van der Waals surface area contributed by atoms with Crippen LogP contribution in [-0.4, -0.2) is 76.2 Å². The van der Waals surface area contributed by atoms with Crippen LogP contribution >= 0.6 is 27.5 Å². The molecule has 0 aromatic heterocycles. The Morgan fingerprint density at radius 3 is 2.80 bits per heavy atom. The van der Waals surface area contributed by atoms with Crippen molar-refractivity contribution in [3.63, 3.8) is 0 Å². The lowest BCUT2D eigenvalue weighted by Crippen LogP contribution is -2.59. The summed E-state index contributed by atoms with van der Waals surface area (Å²) < 4.78 is 11.7. The summed E-state index contributed by atoms with van der Waals surface area (Å²) in [5.74, 6) is -3.04. The number of amides is 2. The van der Waals surface area contributed by atoms with Gasteiger partial charge in [0, 0.05) is 11.4 Å². The number of anilines is 1. The summed E-state index contributed by atoms with van der Waals surface area (Å²) in [7, 11) is 0. The van der Waals surface area contributed by atoms with Gasteiger partial charge in [0.1, 0.15) is 11.6 Å². The minimum Gasteiger partial charge on any atom is -0.466 e. The minimum absolute atomic E-state index is 0.151. The van der Waals surface area contributed by atoms with Crippen LogP contribution in [0, 0.1) is 18.8 Å². The Kier molecular flexibility index (Phi) is 7.35. The molecule has 3 heterocycles. The van der Waals surface area contributed by atoms with Crippen LogP contribution in [0.4, 0.5) is 5.69 Å². The molecule has 0 saturated carbocycles. The molecule has 8 nitrogen and oxygen atoms in total. The van der Waals surface area contributed by atoms with Crippen LogP contribution in [0.25, 0.3) is 0 Å². The molecule has 3 aliphatic rings. The van der Waals surface area contributed by atoms with Gasteiger partial charge in [0.25, 0.3) is 5.91 Å². The molecule has 3 aliphatic heterocycles. The third kappa shape index (κ3) is 3.91. The van der Waals surface area contributed by atoms with Gasteiger partial charge in [-0.2, -0.15) is 0 Å². The van der Waals surface area contributed by atoms with E-state index in [4.69, 9.17) is 21.1 Å². The first-order chi connectivity index (χ1) is 16.6. The molecule has 1 spiro atoms. The predicted octanol–water partition coefficient (Wildman–Crippen LogP) is 2.86. The average Bonchev–Trinajstić information content (AvgIpc) is 3.41. The minimum atomic E-state index is -1.25. The fourth-order valence-electron chi connectivity index (χ4n) is 5.95. The lowest BCUT2D eigenvalue weighted by Gasteiger charge is -2.39. The van der Waals surface area contributed by atoms with E-state index in [1.54, 1.807) is 32.1 Å². The predicted molar refractivity (Wildman–Crippen MR) is 134 cm³/mol. The summed E-state index contributed by atoms with van der Waals surface area (Å²) in [5.41, 5.74) is 0.0581. The lowest BCUT2D eigenvalue weighted by atomic mass is 9.70. The number of esters is 1. The van der Waals surface area contributed by atoms with Crippen molar-refractivity contribution in [3.8, 4) is 0 Å². The lowest BCUT2D eigenvalue weighted by molar-refractivity contribution is -0.155. The largest absolute Gasteiger partial charge is 0.466 e. The van der Waals surface area contributed by atoms with Crippen molar-refractivity contribution in [3.05, 3.63) is 41.4 Å². The Balaban J connectivity index is 1.86. The molecule has 2 amide bonds. The van der Waals surface area contributed by atoms with Crippen molar-refractivity contribution in [2.45, 2.75) is 55.8 Å².